The number of amides is 1. The van der Waals surface area contributed by atoms with Gasteiger partial charge in [0.1, 0.15) is 5.82 Å². The van der Waals surface area contributed by atoms with Crippen LogP contribution in [0.3, 0.4) is 0 Å². The summed E-state index contributed by atoms with van der Waals surface area (Å²) in [5, 5.41) is 2.79. The zero-order valence-corrected chi connectivity index (χ0v) is 11.0. The zero-order chi connectivity index (χ0) is 13.8. The number of halogens is 1. The normalized spacial score (nSPS) is 11.9. The summed E-state index contributed by atoms with van der Waals surface area (Å²) in [7, 11) is 0. The van der Waals surface area contributed by atoms with E-state index in [0.717, 1.165) is 11.1 Å². The van der Waals surface area contributed by atoms with Gasteiger partial charge in [0.05, 0.1) is 11.6 Å². The van der Waals surface area contributed by atoms with Gasteiger partial charge in [-0.15, -0.1) is 0 Å². The maximum atomic E-state index is 13.7. The maximum Gasteiger partial charge on any atom is 0.254 e. The Bertz CT molecular complexity index is 581. The smallest absolute Gasteiger partial charge is 0.254 e. The van der Waals surface area contributed by atoms with Crippen molar-refractivity contribution in [2.24, 2.45) is 0 Å². The van der Waals surface area contributed by atoms with E-state index >= 15 is 0 Å². The van der Waals surface area contributed by atoms with E-state index in [1.54, 1.807) is 13.0 Å². The van der Waals surface area contributed by atoms with Crippen molar-refractivity contribution in [3.8, 4) is 0 Å². The number of nitrogens with one attached hydrogen (secondary N) is 1. The van der Waals surface area contributed by atoms with Crippen LogP contribution in [0.15, 0.2) is 48.5 Å². The topological polar surface area (TPSA) is 29.1 Å². The molecular weight excluding hydrogens is 241 g/mol. The Kier molecular flexibility index (Phi) is 3.95. The SMILES string of the molecule is Cc1ccc(C(=O)NC(C)c2ccccc2)c(F)c1. The fraction of sp³-hybridized carbons (Fsp3) is 0.188. The Balaban J connectivity index is 2.13. The first-order chi connectivity index (χ1) is 9.08. The standard InChI is InChI=1S/C16H16FNO/c1-11-8-9-14(15(17)10-11)16(19)18-12(2)13-6-4-3-5-7-13/h3-10,12H,1-2H3,(H,18,19). The Hall–Kier alpha value is -2.16. The van der Waals surface area contributed by atoms with Crippen LogP contribution in [0.1, 0.15) is 34.5 Å². The van der Waals surface area contributed by atoms with Gasteiger partial charge in [0.15, 0.2) is 0 Å². The van der Waals surface area contributed by atoms with E-state index < -0.39 is 11.7 Å². The van der Waals surface area contributed by atoms with Gasteiger partial charge in [-0.05, 0) is 37.1 Å². The molecule has 0 fully saturated rings. The highest BCUT2D eigenvalue weighted by molar-refractivity contribution is 5.94. The van der Waals surface area contributed by atoms with Crippen LogP contribution in [0, 0.1) is 12.7 Å². The summed E-state index contributed by atoms with van der Waals surface area (Å²) >= 11 is 0. The Morgan fingerprint density at radius 2 is 1.84 bits per heavy atom. The fourth-order valence-electron chi connectivity index (χ4n) is 1.90. The highest BCUT2D eigenvalue weighted by atomic mass is 19.1. The highest BCUT2D eigenvalue weighted by Gasteiger charge is 2.14. The Labute approximate surface area is 112 Å². The molecule has 0 bridgehead atoms. The largest absolute Gasteiger partial charge is 0.345 e. The van der Waals surface area contributed by atoms with Crippen LogP contribution < -0.4 is 5.32 Å². The number of aryl methyl sites for hydroxylation is 1. The van der Waals surface area contributed by atoms with Gasteiger partial charge >= 0.3 is 0 Å². The predicted octanol–water partition coefficient (Wildman–Crippen LogP) is 3.63. The zero-order valence-electron chi connectivity index (χ0n) is 11.0. The van der Waals surface area contributed by atoms with E-state index in [2.05, 4.69) is 5.32 Å². The van der Waals surface area contributed by atoms with Crippen molar-refractivity contribution >= 4 is 5.91 Å². The van der Waals surface area contributed by atoms with Gasteiger partial charge < -0.3 is 5.32 Å². The molecule has 2 rings (SSSR count). The molecule has 2 aromatic carbocycles. The molecule has 1 atom stereocenters. The molecular formula is C16H16FNO. The molecule has 19 heavy (non-hydrogen) atoms. The number of carbonyl (C=O) groups is 1. The molecule has 2 nitrogen and oxygen atoms in total. The fourth-order valence-corrected chi connectivity index (χ4v) is 1.90. The molecule has 0 aliphatic rings. The maximum absolute atomic E-state index is 13.7. The van der Waals surface area contributed by atoms with Crippen LogP contribution in [0.5, 0.6) is 0 Å². The van der Waals surface area contributed by atoms with Crippen LogP contribution >= 0.6 is 0 Å². The summed E-state index contributed by atoms with van der Waals surface area (Å²) in [4.78, 5) is 12.0. The van der Waals surface area contributed by atoms with Crippen LogP contribution in [0.25, 0.3) is 0 Å². The molecule has 1 N–H and O–H groups in total. The van der Waals surface area contributed by atoms with E-state index in [0.29, 0.717) is 0 Å². The van der Waals surface area contributed by atoms with Gasteiger partial charge in [-0.1, -0.05) is 36.4 Å². The molecule has 0 radical (unpaired) electrons. The molecule has 0 aliphatic heterocycles. The second-order valence-corrected chi connectivity index (χ2v) is 4.59. The minimum Gasteiger partial charge on any atom is -0.345 e. The third kappa shape index (κ3) is 3.19. The molecule has 0 aromatic heterocycles. The minimum atomic E-state index is -0.488. The van der Waals surface area contributed by atoms with E-state index in [9.17, 15) is 9.18 Å². The lowest BCUT2D eigenvalue weighted by atomic mass is 10.1. The first-order valence-electron chi connectivity index (χ1n) is 6.20. The average molecular weight is 257 g/mol. The van der Waals surface area contributed by atoms with Crippen molar-refractivity contribution < 1.29 is 9.18 Å². The Morgan fingerprint density at radius 1 is 1.16 bits per heavy atom. The number of carbonyl (C=O) groups excluding carboxylic acids is 1. The van der Waals surface area contributed by atoms with Crippen LogP contribution in [0.2, 0.25) is 0 Å². The van der Waals surface area contributed by atoms with Crippen molar-refractivity contribution in [3.05, 3.63) is 71.0 Å². The molecule has 3 heteroatoms. The summed E-state index contributed by atoms with van der Waals surface area (Å²) in [5.74, 6) is -0.883. The second kappa shape index (κ2) is 5.65. The number of rotatable bonds is 3. The lowest BCUT2D eigenvalue weighted by Crippen LogP contribution is -2.27. The first-order valence-corrected chi connectivity index (χ1v) is 6.20. The number of benzene rings is 2. The molecule has 0 saturated carbocycles. The van der Waals surface area contributed by atoms with E-state index in [1.165, 1.54) is 12.1 Å². The van der Waals surface area contributed by atoms with Gasteiger partial charge in [0, 0.05) is 0 Å². The van der Waals surface area contributed by atoms with Crippen LogP contribution in [-0.4, -0.2) is 5.91 Å². The number of hydrogen-bond donors (Lipinski definition) is 1. The highest BCUT2D eigenvalue weighted by Crippen LogP contribution is 2.14. The van der Waals surface area contributed by atoms with Crippen molar-refractivity contribution in [3.63, 3.8) is 0 Å². The minimum absolute atomic E-state index is 0.0772. The van der Waals surface area contributed by atoms with Gasteiger partial charge in [0.2, 0.25) is 0 Å². The van der Waals surface area contributed by atoms with E-state index in [-0.39, 0.29) is 11.6 Å². The summed E-state index contributed by atoms with van der Waals surface area (Å²) in [6.45, 7) is 3.66. The van der Waals surface area contributed by atoms with Gasteiger partial charge in [-0.2, -0.15) is 0 Å². The summed E-state index contributed by atoms with van der Waals surface area (Å²) < 4.78 is 13.7. The molecule has 0 heterocycles. The van der Waals surface area contributed by atoms with Crippen molar-refractivity contribution in [1.29, 1.82) is 0 Å². The molecule has 0 aliphatic carbocycles. The molecule has 1 amide bonds. The van der Waals surface area contributed by atoms with Crippen molar-refractivity contribution in [1.82, 2.24) is 5.32 Å². The molecule has 2 aromatic rings. The molecule has 1 unspecified atom stereocenters. The Morgan fingerprint density at radius 3 is 2.47 bits per heavy atom. The lowest BCUT2D eigenvalue weighted by molar-refractivity contribution is 0.0936. The van der Waals surface area contributed by atoms with Gasteiger partial charge in [-0.3, -0.25) is 4.79 Å². The summed E-state index contributed by atoms with van der Waals surface area (Å²) in [6.07, 6.45) is 0. The quantitative estimate of drug-likeness (QED) is 0.893. The van der Waals surface area contributed by atoms with E-state index in [1.807, 2.05) is 37.3 Å². The van der Waals surface area contributed by atoms with Crippen LogP contribution in [0.4, 0.5) is 4.39 Å². The van der Waals surface area contributed by atoms with Crippen molar-refractivity contribution in [2.75, 3.05) is 0 Å². The van der Waals surface area contributed by atoms with Crippen molar-refractivity contribution in [2.45, 2.75) is 19.9 Å². The van der Waals surface area contributed by atoms with Crippen LogP contribution in [-0.2, 0) is 0 Å². The van der Waals surface area contributed by atoms with Gasteiger partial charge in [-0.25, -0.2) is 4.39 Å². The van der Waals surface area contributed by atoms with E-state index in [4.69, 9.17) is 0 Å². The average Bonchev–Trinajstić information content (AvgIpc) is 2.39. The first kappa shape index (κ1) is 13.3. The third-order valence-corrected chi connectivity index (χ3v) is 3.02. The second-order valence-electron chi connectivity index (χ2n) is 4.59. The molecule has 0 saturated heterocycles. The lowest BCUT2D eigenvalue weighted by Gasteiger charge is -2.14. The molecule has 98 valence electrons. The summed E-state index contributed by atoms with van der Waals surface area (Å²) in [5.41, 5.74) is 1.86. The molecule has 0 spiro atoms. The summed E-state index contributed by atoms with van der Waals surface area (Å²) in [6, 6.07) is 14.0. The monoisotopic (exact) mass is 257 g/mol. The van der Waals surface area contributed by atoms with Gasteiger partial charge in [0.25, 0.3) is 5.91 Å². The third-order valence-electron chi connectivity index (χ3n) is 3.02. The number of hydrogen-bond acceptors (Lipinski definition) is 1. The predicted molar refractivity (Wildman–Crippen MR) is 73.5 cm³/mol.